The van der Waals surface area contributed by atoms with E-state index in [-0.39, 0.29) is 24.3 Å². The Morgan fingerprint density at radius 2 is 2.15 bits per heavy atom. The third-order valence-electron chi connectivity index (χ3n) is 3.29. The predicted molar refractivity (Wildman–Crippen MR) is 77.7 cm³/mol. The van der Waals surface area contributed by atoms with Crippen LogP contribution in [0.1, 0.15) is 13.8 Å². The van der Waals surface area contributed by atoms with Crippen molar-refractivity contribution < 1.29 is 10.0 Å². The van der Waals surface area contributed by atoms with E-state index < -0.39 is 4.92 Å². The van der Waals surface area contributed by atoms with E-state index in [2.05, 4.69) is 10.3 Å². The van der Waals surface area contributed by atoms with Crippen LogP contribution in [0.5, 0.6) is 0 Å². The molecule has 0 amide bonds. The van der Waals surface area contributed by atoms with Gasteiger partial charge in [0, 0.05) is 23.3 Å². The standard InChI is InChI=1S/C14H17N3O3/c1-9(2)12(8-18)16-11-6-7-15-14-10(11)4-3-5-13(14)17(19)20/h3-7,9,12,18H,8H2,1-2H3,(H,15,16). The number of rotatable bonds is 5. The molecule has 1 atom stereocenters. The van der Waals surface area contributed by atoms with E-state index in [1.54, 1.807) is 18.2 Å². The zero-order chi connectivity index (χ0) is 14.7. The van der Waals surface area contributed by atoms with Gasteiger partial charge in [-0.15, -0.1) is 0 Å². The number of hydrogen-bond donors (Lipinski definition) is 2. The summed E-state index contributed by atoms with van der Waals surface area (Å²) in [7, 11) is 0. The summed E-state index contributed by atoms with van der Waals surface area (Å²) >= 11 is 0. The summed E-state index contributed by atoms with van der Waals surface area (Å²) in [6, 6.07) is 6.51. The molecule has 0 saturated carbocycles. The van der Waals surface area contributed by atoms with Crippen molar-refractivity contribution in [3.63, 3.8) is 0 Å². The van der Waals surface area contributed by atoms with Crippen LogP contribution in [0.2, 0.25) is 0 Å². The van der Waals surface area contributed by atoms with Crippen molar-refractivity contribution in [1.29, 1.82) is 0 Å². The highest BCUT2D eigenvalue weighted by atomic mass is 16.6. The Balaban J connectivity index is 2.50. The molecule has 0 aliphatic rings. The number of fused-ring (bicyclic) bond motifs is 1. The van der Waals surface area contributed by atoms with Crippen molar-refractivity contribution >= 4 is 22.3 Å². The minimum absolute atomic E-state index is 0.00356. The molecule has 2 N–H and O–H groups in total. The van der Waals surface area contributed by atoms with Crippen LogP contribution in [0, 0.1) is 16.0 Å². The van der Waals surface area contributed by atoms with E-state index in [0.717, 1.165) is 5.69 Å². The first kappa shape index (κ1) is 14.2. The Hall–Kier alpha value is -2.21. The van der Waals surface area contributed by atoms with Gasteiger partial charge < -0.3 is 10.4 Å². The number of aliphatic hydroxyl groups excluding tert-OH is 1. The maximum absolute atomic E-state index is 11.0. The number of pyridine rings is 1. The molecule has 0 aliphatic heterocycles. The molecule has 0 saturated heterocycles. The quantitative estimate of drug-likeness (QED) is 0.646. The van der Waals surface area contributed by atoms with E-state index >= 15 is 0 Å². The van der Waals surface area contributed by atoms with Gasteiger partial charge >= 0.3 is 0 Å². The van der Waals surface area contributed by atoms with Crippen molar-refractivity contribution in [2.75, 3.05) is 11.9 Å². The van der Waals surface area contributed by atoms with Crippen LogP contribution < -0.4 is 5.32 Å². The lowest BCUT2D eigenvalue weighted by Crippen LogP contribution is -2.29. The number of para-hydroxylation sites is 1. The smallest absolute Gasteiger partial charge is 0.295 e. The van der Waals surface area contributed by atoms with Crippen molar-refractivity contribution in [2.24, 2.45) is 5.92 Å². The molecule has 20 heavy (non-hydrogen) atoms. The largest absolute Gasteiger partial charge is 0.394 e. The van der Waals surface area contributed by atoms with Crippen LogP contribution in [0.3, 0.4) is 0 Å². The Bertz CT molecular complexity index is 628. The summed E-state index contributed by atoms with van der Waals surface area (Å²) in [5.74, 6) is 0.238. The lowest BCUT2D eigenvalue weighted by atomic mass is 10.0. The number of aromatic nitrogens is 1. The Labute approximate surface area is 116 Å². The van der Waals surface area contributed by atoms with Crippen LogP contribution in [0.15, 0.2) is 30.5 Å². The van der Waals surface area contributed by atoms with E-state index in [0.29, 0.717) is 10.9 Å². The molecule has 0 spiro atoms. The Morgan fingerprint density at radius 3 is 2.75 bits per heavy atom. The summed E-state index contributed by atoms with van der Waals surface area (Å²) in [6.07, 6.45) is 1.53. The Kier molecular flexibility index (Phi) is 4.14. The van der Waals surface area contributed by atoms with Crippen LogP contribution in [0.4, 0.5) is 11.4 Å². The molecule has 6 nitrogen and oxygen atoms in total. The number of nitro benzene ring substituents is 1. The minimum atomic E-state index is -0.439. The molecule has 0 aliphatic carbocycles. The molecule has 1 unspecified atom stereocenters. The van der Waals surface area contributed by atoms with Gasteiger partial charge in [-0.2, -0.15) is 0 Å². The molecular weight excluding hydrogens is 258 g/mol. The highest BCUT2D eigenvalue weighted by Gasteiger charge is 2.17. The summed E-state index contributed by atoms with van der Waals surface area (Å²) < 4.78 is 0. The van der Waals surface area contributed by atoms with Gasteiger partial charge in [0.1, 0.15) is 5.52 Å². The van der Waals surface area contributed by atoms with Crippen molar-refractivity contribution in [2.45, 2.75) is 19.9 Å². The fourth-order valence-electron chi connectivity index (χ4n) is 2.06. The SMILES string of the molecule is CC(C)C(CO)Nc1ccnc2c([N+](=O)[O-])cccc12. The van der Waals surface area contributed by atoms with Gasteiger partial charge in [0.25, 0.3) is 5.69 Å². The summed E-state index contributed by atoms with van der Waals surface area (Å²) in [5, 5.41) is 24.3. The molecule has 1 heterocycles. The first-order chi connectivity index (χ1) is 9.54. The second kappa shape index (κ2) is 5.83. The number of nitrogens with one attached hydrogen (secondary N) is 1. The van der Waals surface area contributed by atoms with Gasteiger partial charge in [-0.3, -0.25) is 10.1 Å². The minimum Gasteiger partial charge on any atom is -0.394 e. The molecule has 1 aromatic heterocycles. The van der Waals surface area contributed by atoms with Crippen molar-refractivity contribution in [1.82, 2.24) is 4.98 Å². The molecule has 2 aromatic rings. The lowest BCUT2D eigenvalue weighted by molar-refractivity contribution is -0.383. The molecular formula is C14H17N3O3. The molecule has 106 valence electrons. The van der Waals surface area contributed by atoms with Crippen LogP contribution >= 0.6 is 0 Å². The van der Waals surface area contributed by atoms with E-state index in [1.165, 1.54) is 12.3 Å². The maximum atomic E-state index is 11.0. The average molecular weight is 275 g/mol. The van der Waals surface area contributed by atoms with Crippen LogP contribution in [-0.2, 0) is 0 Å². The number of aliphatic hydroxyl groups is 1. The molecule has 0 bridgehead atoms. The topological polar surface area (TPSA) is 88.3 Å². The molecule has 0 radical (unpaired) electrons. The third-order valence-corrected chi connectivity index (χ3v) is 3.29. The van der Waals surface area contributed by atoms with Crippen molar-refractivity contribution in [3.05, 3.63) is 40.6 Å². The zero-order valence-electron chi connectivity index (χ0n) is 11.4. The monoisotopic (exact) mass is 275 g/mol. The predicted octanol–water partition coefficient (Wildman–Crippen LogP) is 2.57. The summed E-state index contributed by atoms with van der Waals surface area (Å²) in [6.45, 7) is 4.00. The normalized spacial score (nSPS) is 12.6. The number of anilines is 1. The number of nitrogens with zero attached hydrogens (tertiary/aromatic N) is 2. The average Bonchev–Trinajstić information content (AvgIpc) is 2.43. The maximum Gasteiger partial charge on any atom is 0.295 e. The highest BCUT2D eigenvalue weighted by Crippen LogP contribution is 2.29. The summed E-state index contributed by atoms with van der Waals surface area (Å²) in [5.41, 5.74) is 1.07. The molecule has 2 rings (SSSR count). The van der Waals surface area contributed by atoms with Gasteiger partial charge in [-0.1, -0.05) is 26.0 Å². The lowest BCUT2D eigenvalue weighted by Gasteiger charge is -2.22. The fourth-order valence-corrected chi connectivity index (χ4v) is 2.06. The first-order valence-electron chi connectivity index (χ1n) is 6.44. The van der Waals surface area contributed by atoms with Crippen molar-refractivity contribution in [3.8, 4) is 0 Å². The number of non-ortho nitro benzene ring substituents is 1. The van der Waals surface area contributed by atoms with E-state index in [1.807, 2.05) is 13.8 Å². The van der Waals surface area contributed by atoms with Gasteiger partial charge in [0.05, 0.1) is 17.6 Å². The van der Waals surface area contributed by atoms with Gasteiger partial charge in [0.2, 0.25) is 0 Å². The molecule has 1 aromatic carbocycles. The highest BCUT2D eigenvalue weighted by molar-refractivity contribution is 5.96. The van der Waals surface area contributed by atoms with Gasteiger partial charge in [-0.25, -0.2) is 4.98 Å². The van der Waals surface area contributed by atoms with Crippen LogP contribution in [0.25, 0.3) is 10.9 Å². The molecule has 0 fully saturated rings. The number of hydrogen-bond acceptors (Lipinski definition) is 5. The zero-order valence-corrected chi connectivity index (χ0v) is 11.4. The van der Waals surface area contributed by atoms with E-state index in [4.69, 9.17) is 0 Å². The van der Waals surface area contributed by atoms with Gasteiger partial charge in [-0.05, 0) is 12.0 Å². The first-order valence-corrected chi connectivity index (χ1v) is 6.44. The second-order valence-corrected chi connectivity index (χ2v) is 4.97. The Morgan fingerprint density at radius 1 is 1.40 bits per heavy atom. The fraction of sp³-hybridized carbons (Fsp3) is 0.357. The second-order valence-electron chi connectivity index (χ2n) is 4.97. The summed E-state index contributed by atoms with van der Waals surface area (Å²) in [4.78, 5) is 14.7. The molecule has 6 heteroatoms. The third kappa shape index (κ3) is 2.70. The number of nitro groups is 1. The number of benzene rings is 1. The van der Waals surface area contributed by atoms with Crippen LogP contribution in [-0.4, -0.2) is 27.7 Å². The van der Waals surface area contributed by atoms with E-state index in [9.17, 15) is 15.2 Å². The van der Waals surface area contributed by atoms with Gasteiger partial charge in [0.15, 0.2) is 0 Å².